The predicted octanol–water partition coefficient (Wildman–Crippen LogP) is 2.73. The first kappa shape index (κ1) is 11.5. The topological polar surface area (TPSA) is 41.1 Å². The highest BCUT2D eigenvalue weighted by atomic mass is 16.2. The van der Waals surface area contributed by atoms with Crippen LogP contribution in [-0.2, 0) is 0 Å². The van der Waals surface area contributed by atoms with E-state index in [1.807, 2.05) is 24.3 Å². The SMILES string of the molecule is C#Cc1ccccc1NC(=O)NC1CCCC1. The fraction of sp³-hybridized carbons (Fsp3) is 0.357. The van der Waals surface area contributed by atoms with Crippen LogP contribution in [0.3, 0.4) is 0 Å². The van der Waals surface area contributed by atoms with Gasteiger partial charge < -0.3 is 10.6 Å². The number of carbonyl (C=O) groups is 1. The highest BCUT2D eigenvalue weighted by Crippen LogP contribution is 2.18. The summed E-state index contributed by atoms with van der Waals surface area (Å²) in [5.74, 6) is 2.55. The Balaban J connectivity index is 1.95. The minimum Gasteiger partial charge on any atom is -0.335 e. The number of amides is 2. The number of benzene rings is 1. The first-order valence-corrected chi connectivity index (χ1v) is 5.93. The van der Waals surface area contributed by atoms with Crippen molar-refractivity contribution in [2.24, 2.45) is 0 Å². The number of urea groups is 1. The Morgan fingerprint density at radius 3 is 2.71 bits per heavy atom. The number of para-hydroxylation sites is 1. The molecule has 1 aromatic carbocycles. The van der Waals surface area contributed by atoms with Crippen LogP contribution in [0.1, 0.15) is 31.2 Å². The Hall–Kier alpha value is -1.95. The molecule has 0 heterocycles. The molecule has 2 N–H and O–H groups in total. The molecule has 0 aliphatic heterocycles. The van der Waals surface area contributed by atoms with Crippen molar-refractivity contribution >= 4 is 11.7 Å². The van der Waals surface area contributed by atoms with E-state index in [1.54, 1.807) is 0 Å². The Kier molecular flexibility index (Phi) is 3.66. The summed E-state index contributed by atoms with van der Waals surface area (Å²) in [5, 5.41) is 5.76. The minimum absolute atomic E-state index is 0.167. The lowest BCUT2D eigenvalue weighted by molar-refractivity contribution is 0.248. The average Bonchev–Trinajstić information content (AvgIpc) is 2.82. The fourth-order valence-corrected chi connectivity index (χ4v) is 2.13. The maximum absolute atomic E-state index is 11.7. The molecule has 88 valence electrons. The summed E-state index contributed by atoms with van der Waals surface area (Å²) in [5.41, 5.74) is 1.39. The van der Waals surface area contributed by atoms with Gasteiger partial charge in [-0.25, -0.2) is 4.79 Å². The zero-order valence-electron chi connectivity index (χ0n) is 9.70. The Morgan fingerprint density at radius 1 is 1.29 bits per heavy atom. The van der Waals surface area contributed by atoms with E-state index in [0.717, 1.165) is 12.8 Å². The van der Waals surface area contributed by atoms with Crippen LogP contribution in [0, 0.1) is 12.3 Å². The van der Waals surface area contributed by atoms with Crippen LogP contribution >= 0.6 is 0 Å². The molecule has 3 nitrogen and oxygen atoms in total. The molecule has 0 unspecified atom stereocenters. The number of hydrogen-bond donors (Lipinski definition) is 2. The molecule has 1 saturated carbocycles. The smallest absolute Gasteiger partial charge is 0.319 e. The zero-order chi connectivity index (χ0) is 12.1. The minimum atomic E-state index is -0.167. The van der Waals surface area contributed by atoms with Gasteiger partial charge in [0, 0.05) is 11.6 Å². The van der Waals surface area contributed by atoms with Crippen molar-refractivity contribution in [1.29, 1.82) is 0 Å². The van der Waals surface area contributed by atoms with Crippen molar-refractivity contribution < 1.29 is 4.79 Å². The highest BCUT2D eigenvalue weighted by molar-refractivity contribution is 5.91. The van der Waals surface area contributed by atoms with Gasteiger partial charge in [0.2, 0.25) is 0 Å². The number of rotatable bonds is 2. The number of hydrogen-bond acceptors (Lipinski definition) is 1. The maximum atomic E-state index is 11.7. The van der Waals surface area contributed by atoms with E-state index in [0.29, 0.717) is 17.3 Å². The summed E-state index contributed by atoms with van der Waals surface area (Å²) < 4.78 is 0. The molecular formula is C14H16N2O. The average molecular weight is 228 g/mol. The second-order valence-electron chi connectivity index (χ2n) is 4.27. The van der Waals surface area contributed by atoms with E-state index >= 15 is 0 Å². The molecule has 2 rings (SSSR count). The molecule has 1 aliphatic rings. The van der Waals surface area contributed by atoms with Gasteiger partial charge >= 0.3 is 6.03 Å². The number of anilines is 1. The third-order valence-electron chi connectivity index (χ3n) is 3.02. The molecule has 0 radical (unpaired) electrons. The number of carbonyl (C=O) groups excluding carboxylic acids is 1. The van der Waals surface area contributed by atoms with Gasteiger partial charge in [-0.05, 0) is 25.0 Å². The van der Waals surface area contributed by atoms with E-state index in [1.165, 1.54) is 12.8 Å². The monoisotopic (exact) mass is 228 g/mol. The van der Waals surface area contributed by atoms with Crippen LogP contribution < -0.4 is 10.6 Å². The normalized spacial score (nSPS) is 15.2. The molecule has 0 spiro atoms. The van der Waals surface area contributed by atoms with Gasteiger partial charge in [-0.3, -0.25) is 0 Å². The van der Waals surface area contributed by atoms with Crippen LogP contribution in [0.2, 0.25) is 0 Å². The quantitative estimate of drug-likeness (QED) is 0.751. The lowest BCUT2D eigenvalue weighted by atomic mass is 10.2. The molecule has 0 aromatic heterocycles. The van der Waals surface area contributed by atoms with Crippen molar-refractivity contribution in [3.05, 3.63) is 29.8 Å². The van der Waals surface area contributed by atoms with Crippen LogP contribution in [0.15, 0.2) is 24.3 Å². The summed E-state index contributed by atoms with van der Waals surface area (Å²) in [6.45, 7) is 0. The lowest BCUT2D eigenvalue weighted by Crippen LogP contribution is -2.36. The molecule has 0 saturated heterocycles. The van der Waals surface area contributed by atoms with E-state index in [2.05, 4.69) is 16.6 Å². The van der Waals surface area contributed by atoms with Crippen LogP contribution in [0.4, 0.5) is 10.5 Å². The van der Waals surface area contributed by atoms with E-state index in [4.69, 9.17) is 6.42 Å². The molecular weight excluding hydrogens is 212 g/mol. The van der Waals surface area contributed by atoms with Gasteiger partial charge in [0.25, 0.3) is 0 Å². The molecule has 1 aromatic rings. The van der Waals surface area contributed by atoms with Crippen LogP contribution in [-0.4, -0.2) is 12.1 Å². The van der Waals surface area contributed by atoms with Crippen molar-refractivity contribution in [2.75, 3.05) is 5.32 Å². The molecule has 3 heteroatoms. The first-order chi connectivity index (χ1) is 8.29. The Morgan fingerprint density at radius 2 is 2.00 bits per heavy atom. The Labute approximate surface area is 102 Å². The third-order valence-corrected chi connectivity index (χ3v) is 3.02. The zero-order valence-corrected chi connectivity index (χ0v) is 9.70. The van der Waals surface area contributed by atoms with Gasteiger partial charge in [-0.1, -0.05) is 30.9 Å². The second kappa shape index (κ2) is 5.40. The van der Waals surface area contributed by atoms with Crippen molar-refractivity contribution in [3.8, 4) is 12.3 Å². The third kappa shape index (κ3) is 3.01. The van der Waals surface area contributed by atoms with Gasteiger partial charge in [-0.15, -0.1) is 6.42 Å². The number of nitrogens with one attached hydrogen (secondary N) is 2. The van der Waals surface area contributed by atoms with Crippen LogP contribution in [0.25, 0.3) is 0 Å². The van der Waals surface area contributed by atoms with E-state index in [9.17, 15) is 4.79 Å². The molecule has 1 aliphatic carbocycles. The molecule has 1 fully saturated rings. The molecule has 17 heavy (non-hydrogen) atoms. The summed E-state index contributed by atoms with van der Waals surface area (Å²) in [6, 6.07) is 7.48. The van der Waals surface area contributed by atoms with Crippen molar-refractivity contribution in [2.45, 2.75) is 31.7 Å². The summed E-state index contributed by atoms with van der Waals surface area (Å²) in [7, 11) is 0. The van der Waals surface area contributed by atoms with Crippen molar-refractivity contribution in [1.82, 2.24) is 5.32 Å². The van der Waals surface area contributed by atoms with E-state index in [-0.39, 0.29) is 6.03 Å². The van der Waals surface area contributed by atoms with Crippen molar-refractivity contribution in [3.63, 3.8) is 0 Å². The predicted molar refractivity (Wildman–Crippen MR) is 68.8 cm³/mol. The van der Waals surface area contributed by atoms with Gasteiger partial charge in [0.1, 0.15) is 0 Å². The van der Waals surface area contributed by atoms with Gasteiger partial charge in [0.05, 0.1) is 5.69 Å². The molecule has 0 bridgehead atoms. The summed E-state index contributed by atoms with van der Waals surface area (Å²) in [4.78, 5) is 11.7. The standard InChI is InChI=1S/C14H16N2O/c1-2-11-7-3-6-10-13(11)16-14(17)15-12-8-4-5-9-12/h1,3,6-7,10,12H,4-5,8-9H2,(H2,15,16,17). The molecule has 2 amide bonds. The van der Waals surface area contributed by atoms with Gasteiger partial charge in [-0.2, -0.15) is 0 Å². The molecule has 0 atom stereocenters. The summed E-state index contributed by atoms with van der Waals surface area (Å²) in [6.07, 6.45) is 9.92. The Bertz CT molecular complexity index is 442. The summed E-state index contributed by atoms with van der Waals surface area (Å²) >= 11 is 0. The number of terminal acetylenes is 1. The highest BCUT2D eigenvalue weighted by Gasteiger charge is 2.17. The van der Waals surface area contributed by atoms with Crippen LogP contribution in [0.5, 0.6) is 0 Å². The fourth-order valence-electron chi connectivity index (χ4n) is 2.13. The maximum Gasteiger partial charge on any atom is 0.319 e. The first-order valence-electron chi connectivity index (χ1n) is 5.93. The largest absolute Gasteiger partial charge is 0.335 e. The van der Waals surface area contributed by atoms with Gasteiger partial charge in [0.15, 0.2) is 0 Å². The second-order valence-corrected chi connectivity index (χ2v) is 4.27. The van der Waals surface area contributed by atoms with E-state index < -0.39 is 0 Å². The lowest BCUT2D eigenvalue weighted by Gasteiger charge is -2.13.